The number of ether oxygens (including phenoxy) is 1. The maximum atomic E-state index is 13.6. The molecule has 2 aromatic carbocycles. The molecule has 2 amide bonds. The van der Waals surface area contributed by atoms with Gasteiger partial charge in [-0.1, -0.05) is 12.1 Å². The first-order valence-electron chi connectivity index (χ1n) is 6.76. The normalized spacial score (nSPS) is 19.3. The van der Waals surface area contributed by atoms with Crippen molar-refractivity contribution in [3.63, 3.8) is 0 Å². The highest BCUT2D eigenvalue weighted by Crippen LogP contribution is 2.33. The molecule has 1 unspecified atom stereocenters. The Bertz CT molecular complexity index is 810. The smallest absolute Gasteiger partial charge is 0.278 e. The molecule has 0 aromatic heterocycles. The van der Waals surface area contributed by atoms with Crippen LogP contribution in [0.25, 0.3) is 0 Å². The molecular weight excluding hydrogens is 306 g/mol. The third-order valence-corrected chi connectivity index (χ3v) is 3.50. The topological polar surface area (TPSA) is 67.4 Å². The summed E-state index contributed by atoms with van der Waals surface area (Å²) in [7, 11) is 0. The van der Waals surface area contributed by atoms with Gasteiger partial charge in [-0.15, -0.1) is 0 Å². The van der Waals surface area contributed by atoms with Gasteiger partial charge < -0.3 is 15.4 Å². The van der Waals surface area contributed by atoms with E-state index < -0.39 is 29.0 Å². The predicted octanol–water partition coefficient (Wildman–Crippen LogP) is 2.69. The average Bonchev–Trinajstić information content (AvgIpc) is 2.51. The van der Waals surface area contributed by atoms with Gasteiger partial charge in [0.1, 0.15) is 17.4 Å². The lowest BCUT2D eigenvalue weighted by Crippen LogP contribution is -2.56. The minimum Gasteiger partial charge on any atom is -0.466 e. The Morgan fingerprint density at radius 2 is 1.96 bits per heavy atom. The van der Waals surface area contributed by atoms with Crippen LogP contribution in [0.5, 0.6) is 5.75 Å². The van der Waals surface area contributed by atoms with Crippen molar-refractivity contribution < 1.29 is 23.1 Å². The summed E-state index contributed by atoms with van der Waals surface area (Å²) in [6.07, 6.45) is 0. The lowest BCUT2D eigenvalue weighted by Gasteiger charge is -2.33. The number of halogens is 2. The van der Waals surface area contributed by atoms with E-state index in [0.717, 1.165) is 12.1 Å². The quantitative estimate of drug-likeness (QED) is 0.837. The van der Waals surface area contributed by atoms with Crippen LogP contribution < -0.4 is 15.4 Å². The van der Waals surface area contributed by atoms with Crippen molar-refractivity contribution in [2.75, 3.05) is 10.6 Å². The average molecular weight is 318 g/mol. The molecular formula is C16H12F2N2O3. The van der Waals surface area contributed by atoms with Gasteiger partial charge in [-0.3, -0.25) is 9.59 Å². The largest absolute Gasteiger partial charge is 0.466 e. The Balaban J connectivity index is 1.88. The van der Waals surface area contributed by atoms with Crippen molar-refractivity contribution >= 4 is 23.2 Å². The van der Waals surface area contributed by atoms with E-state index in [1.54, 1.807) is 24.3 Å². The highest BCUT2D eigenvalue weighted by Gasteiger charge is 2.47. The van der Waals surface area contributed by atoms with Gasteiger partial charge in [0.05, 0.1) is 11.4 Å². The van der Waals surface area contributed by atoms with Gasteiger partial charge >= 0.3 is 0 Å². The van der Waals surface area contributed by atoms with Crippen LogP contribution >= 0.6 is 0 Å². The fourth-order valence-corrected chi connectivity index (χ4v) is 2.15. The molecule has 118 valence electrons. The van der Waals surface area contributed by atoms with Crippen LogP contribution in [0.1, 0.15) is 6.92 Å². The van der Waals surface area contributed by atoms with Crippen LogP contribution in [0.2, 0.25) is 0 Å². The lowest BCUT2D eigenvalue weighted by molar-refractivity contribution is -0.143. The molecule has 0 fully saturated rings. The molecule has 1 heterocycles. The van der Waals surface area contributed by atoms with Crippen LogP contribution in [-0.4, -0.2) is 17.4 Å². The Morgan fingerprint density at radius 3 is 2.70 bits per heavy atom. The maximum absolute atomic E-state index is 13.6. The third-order valence-electron chi connectivity index (χ3n) is 3.50. The number of hydrogen-bond acceptors (Lipinski definition) is 3. The molecule has 1 aliphatic rings. The Labute approximate surface area is 130 Å². The summed E-state index contributed by atoms with van der Waals surface area (Å²) in [5, 5.41) is 4.80. The molecule has 1 aliphatic heterocycles. The number of anilines is 2. The fourth-order valence-electron chi connectivity index (χ4n) is 2.15. The highest BCUT2D eigenvalue weighted by atomic mass is 19.1. The number of amides is 2. The summed E-state index contributed by atoms with van der Waals surface area (Å²) >= 11 is 0. The molecule has 1 atom stereocenters. The van der Waals surface area contributed by atoms with Crippen molar-refractivity contribution in [1.29, 1.82) is 0 Å². The number of carbonyl (C=O) groups is 2. The van der Waals surface area contributed by atoms with Gasteiger partial charge in [0.2, 0.25) is 0 Å². The molecule has 7 heteroatoms. The van der Waals surface area contributed by atoms with Crippen LogP contribution in [0, 0.1) is 11.6 Å². The second-order valence-electron chi connectivity index (χ2n) is 5.16. The summed E-state index contributed by atoms with van der Waals surface area (Å²) in [4.78, 5) is 24.6. The Kier molecular flexibility index (Phi) is 3.48. The number of fused-ring (bicyclic) bond motifs is 1. The van der Waals surface area contributed by atoms with Crippen LogP contribution in [0.3, 0.4) is 0 Å². The van der Waals surface area contributed by atoms with Gasteiger partial charge in [0.25, 0.3) is 17.4 Å². The van der Waals surface area contributed by atoms with Gasteiger partial charge in [0.15, 0.2) is 0 Å². The van der Waals surface area contributed by atoms with Gasteiger partial charge in [-0.2, -0.15) is 0 Å². The standard InChI is InChI=1S/C16H12F2N2O3/c1-16(14(21)19-11-7-6-9(17)8-10(11)18)15(22)20-12-4-2-3-5-13(12)23-16/h2-8H,1H3,(H,19,21)(H,20,22). The number of carbonyl (C=O) groups excluding carboxylic acids is 2. The molecule has 23 heavy (non-hydrogen) atoms. The van der Waals surface area contributed by atoms with E-state index in [9.17, 15) is 18.4 Å². The second kappa shape index (κ2) is 5.35. The van der Waals surface area contributed by atoms with Gasteiger partial charge in [-0.25, -0.2) is 8.78 Å². The number of hydrogen-bond donors (Lipinski definition) is 2. The zero-order valence-electron chi connectivity index (χ0n) is 12.0. The van der Waals surface area contributed by atoms with E-state index in [1.165, 1.54) is 6.92 Å². The van der Waals surface area contributed by atoms with Crippen LogP contribution in [0.4, 0.5) is 20.2 Å². The van der Waals surface area contributed by atoms with Crippen LogP contribution in [0.15, 0.2) is 42.5 Å². The fraction of sp³-hybridized carbons (Fsp3) is 0.125. The van der Waals surface area contributed by atoms with Crippen molar-refractivity contribution in [3.05, 3.63) is 54.1 Å². The zero-order chi connectivity index (χ0) is 16.6. The minimum atomic E-state index is -1.88. The Hall–Kier alpha value is -2.96. The van der Waals surface area contributed by atoms with Crippen molar-refractivity contribution in [2.24, 2.45) is 0 Å². The Morgan fingerprint density at radius 1 is 1.22 bits per heavy atom. The SMILES string of the molecule is CC1(C(=O)Nc2ccc(F)cc2F)Oc2ccccc2NC1=O. The molecule has 2 aromatic rings. The van der Waals surface area contributed by atoms with Gasteiger partial charge in [0, 0.05) is 6.07 Å². The first kappa shape index (κ1) is 15.0. The summed E-state index contributed by atoms with van der Waals surface area (Å²) in [5.74, 6) is -2.94. The molecule has 3 rings (SSSR count). The summed E-state index contributed by atoms with van der Waals surface area (Å²) in [5.41, 5.74) is -1.68. The van der Waals surface area contributed by atoms with Gasteiger partial charge in [-0.05, 0) is 31.2 Å². The number of para-hydroxylation sites is 2. The van der Waals surface area contributed by atoms with E-state index in [1.807, 2.05) is 0 Å². The lowest BCUT2D eigenvalue weighted by atomic mass is 10.0. The maximum Gasteiger partial charge on any atom is 0.278 e. The van der Waals surface area contributed by atoms with Crippen molar-refractivity contribution in [3.8, 4) is 5.75 Å². The molecule has 0 saturated heterocycles. The van der Waals surface area contributed by atoms with Crippen LogP contribution in [-0.2, 0) is 9.59 Å². The number of rotatable bonds is 2. The zero-order valence-corrected chi connectivity index (χ0v) is 12.0. The third kappa shape index (κ3) is 2.61. The summed E-state index contributed by atoms with van der Waals surface area (Å²) in [6.45, 7) is 1.27. The predicted molar refractivity (Wildman–Crippen MR) is 79.1 cm³/mol. The molecule has 2 N–H and O–H groups in total. The van der Waals surface area contributed by atoms with Crippen molar-refractivity contribution in [1.82, 2.24) is 0 Å². The van der Waals surface area contributed by atoms with Crippen molar-refractivity contribution in [2.45, 2.75) is 12.5 Å². The monoisotopic (exact) mass is 318 g/mol. The molecule has 0 aliphatic carbocycles. The molecule has 5 nitrogen and oxygen atoms in total. The molecule has 0 saturated carbocycles. The van der Waals surface area contributed by atoms with E-state index in [4.69, 9.17) is 4.74 Å². The summed E-state index contributed by atoms with van der Waals surface area (Å²) in [6, 6.07) is 9.32. The van der Waals surface area contributed by atoms with E-state index in [0.29, 0.717) is 17.5 Å². The molecule has 0 bridgehead atoms. The highest BCUT2D eigenvalue weighted by molar-refractivity contribution is 6.19. The minimum absolute atomic E-state index is 0.243. The molecule has 0 spiro atoms. The van der Waals surface area contributed by atoms with E-state index in [2.05, 4.69) is 10.6 Å². The number of benzene rings is 2. The number of nitrogens with one attached hydrogen (secondary N) is 2. The first-order chi connectivity index (χ1) is 10.9. The molecule has 0 radical (unpaired) electrons. The first-order valence-corrected chi connectivity index (χ1v) is 6.76. The van der Waals surface area contributed by atoms with E-state index in [-0.39, 0.29) is 5.69 Å². The summed E-state index contributed by atoms with van der Waals surface area (Å²) < 4.78 is 32.1. The second-order valence-corrected chi connectivity index (χ2v) is 5.16. The van der Waals surface area contributed by atoms with E-state index >= 15 is 0 Å².